The quantitative estimate of drug-likeness (QED) is 0.490. The SMILES string of the molecule is CCNC(=O)c1ccc(CNC(=NC)NCCc2ncc(CC)s2)cc1. The Hall–Kier alpha value is -2.41. The van der Waals surface area contributed by atoms with Gasteiger partial charge in [0.15, 0.2) is 5.96 Å². The van der Waals surface area contributed by atoms with Gasteiger partial charge in [-0.1, -0.05) is 19.1 Å². The third-order valence-electron chi connectivity index (χ3n) is 3.82. The minimum atomic E-state index is -0.0436. The minimum Gasteiger partial charge on any atom is -0.356 e. The second kappa shape index (κ2) is 10.6. The van der Waals surface area contributed by atoms with Crippen LogP contribution in [0.4, 0.5) is 0 Å². The summed E-state index contributed by atoms with van der Waals surface area (Å²) in [6.07, 6.45) is 3.87. The van der Waals surface area contributed by atoms with Gasteiger partial charge in [-0.15, -0.1) is 11.3 Å². The number of nitrogens with one attached hydrogen (secondary N) is 3. The third kappa shape index (κ3) is 6.15. The van der Waals surface area contributed by atoms with E-state index in [0.29, 0.717) is 18.7 Å². The maximum atomic E-state index is 11.8. The van der Waals surface area contributed by atoms with Crippen LogP contribution in [0.15, 0.2) is 35.5 Å². The number of aliphatic imine (C=N–C) groups is 1. The first-order valence-corrected chi connectivity index (χ1v) is 9.73. The molecule has 3 N–H and O–H groups in total. The Morgan fingerprint density at radius 3 is 2.54 bits per heavy atom. The van der Waals surface area contributed by atoms with Crippen molar-refractivity contribution in [3.05, 3.63) is 51.5 Å². The molecule has 1 aromatic heterocycles. The molecule has 0 fully saturated rings. The molecule has 1 heterocycles. The lowest BCUT2D eigenvalue weighted by Crippen LogP contribution is -2.37. The Morgan fingerprint density at radius 1 is 1.15 bits per heavy atom. The molecule has 2 aromatic rings. The summed E-state index contributed by atoms with van der Waals surface area (Å²) in [6, 6.07) is 7.58. The molecule has 140 valence electrons. The molecule has 0 aliphatic rings. The van der Waals surface area contributed by atoms with Crippen molar-refractivity contribution < 1.29 is 4.79 Å². The van der Waals surface area contributed by atoms with Gasteiger partial charge in [-0.3, -0.25) is 9.79 Å². The number of nitrogens with zero attached hydrogens (tertiary/aromatic N) is 2. The molecule has 0 saturated heterocycles. The molecule has 7 heteroatoms. The number of hydrogen-bond acceptors (Lipinski definition) is 4. The van der Waals surface area contributed by atoms with Crippen LogP contribution in [0.5, 0.6) is 0 Å². The Labute approximate surface area is 159 Å². The largest absolute Gasteiger partial charge is 0.356 e. The normalized spacial score (nSPS) is 11.3. The van der Waals surface area contributed by atoms with Gasteiger partial charge in [0.2, 0.25) is 0 Å². The monoisotopic (exact) mass is 373 g/mol. The lowest BCUT2D eigenvalue weighted by molar-refractivity contribution is 0.0956. The number of hydrogen-bond donors (Lipinski definition) is 3. The van der Waals surface area contributed by atoms with Crippen LogP contribution in [-0.2, 0) is 19.4 Å². The molecule has 0 radical (unpaired) electrons. The molecule has 0 bridgehead atoms. The van der Waals surface area contributed by atoms with E-state index < -0.39 is 0 Å². The number of aryl methyl sites for hydroxylation is 1. The fraction of sp³-hybridized carbons (Fsp3) is 0.421. The Kier molecular flexibility index (Phi) is 8.08. The predicted octanol–water partition coefficient (Wildman–Crippen LogP) is 2.36. The Balaban J connectivity index is 1.76. The maximum absolute atomic E-state index is 11.8. The van der Waals surface area contributed by atoms with Crippen LogP contribution in [0.3, 0.4) is 0 Å². The standard InChI is InChI=1S/C19H27N5OS/c1-4-16-13-23-17(26-16)10-11-22-19(20-3)24-12-14-6-8-15(9-7-14)18(25)21-5-2/h6-9,13H,4-5,10-12H2,1-3H3,(H,21,25)(H2,20,22,24). The van der Waals surface area contributed by atoms with Crippen molar-refractivity contribution in [2.24, 2.45) is 4.99 Å². The predicted molar refractivity (Wildman–Crippen MR) is 108 cm³/mol. The lowest BCUT2D eigenvalue weighted by Gasteiger charge is -2.11. The maximum Gasteiger partial charge on any atom is 0.251 e. The highest BCUT2D eigenvalue weighted by atomic mass is 32.1. The highest BCUT2D eigenvalue weighted by Gasteiger charge is 2.05. The fourth-order valence-electron chi connectivity index (χ4n) is 2.36. The van der Waals surface area contributed by atoms with E-state index in [0.717, 1.165) is 35.9 Å². The van der Waals surface area contributed by atoms with Crippen molar-refractivity contribution in [1.82, 2.24) is 20.9 Å². The minimum absolute atomic E-state index is 0.0436. The van der Waals surface area contributed by atoms with E-state index >= 15 is 0 Å². The first-order chi connectivity index (χ1) is 12.7. The van der Waals surface area contributed by atoms with E-state index in [1.807, 2.05) is 37.4 Å². The van der Waals surface area contributed by atoms with E-state index in [2.05, 4.69) is 32.9 Å². The molecule has 2 rings (SSSR count). The number of amides is 1. The van der Waals surface area contributed by atoms with E-state index in [1.165, 1.54) is 4.88 Å². The van der Waals surface area contributed by atoms with Crippen molar-refractivity contribution in [3.63, 3.8) is 0 Å². The van der Waals surface area contributed by atoms with Crippen LogP contribution >= 0.6 is 11.3 Å². The van der Waals surface area contributed by atoms with Gasteiger partial charge in [0.25, 0.3) is 5.91 Å². The second-order valence-corrected chi connectivity index (χ2v) is 6.93. The van der Waals surface area contributed by atoms with Gasteiger partial charge in [0, 0.05) is 49.7 Å². The fourth-order valence-corrected chi connectivity index (χ4v) is 3.22. The number of benzene rings is 1. The summed E-state index contributed by atoms with van der Waals surface area (Å²) in [7, 11) is 1.76. The van der Waals surface area contributed by atoms with Crippen LogP contribution in [0.25, 0.3) is 0 Å². The average molecular weight is 374 g/mol. The van der Waals surface area contributed by atoms with Gasteiger partial charge >= 0.3 is 0 Å². The van der Waals surface area contributed by atoms with Gasteiger partial charge in [0.05, 0.1) is 5.01 Å². The molecule has 1 aromatic carbocycles. The molecule has 26 heavy (non-hydrogen) atoms. The van der Waals surface area contributed by atoms with Crippen LogP contribution in [0, 0.1) is 0 Å². The van der Waals surface area contributed by atoms with Crippen LogP contribution < -0.4 is 16.0 Å². The summed E-state index contributed by atoms with van der Waals surface area (Å²) >= 11 is 1.77. The highest BCUT2D eigenvalue weighted by Crippen LogP contribution is 2.13. The molecule has 0 aliphatic heterocycles. The molecule has 6 nitrogen and oxygen atoms in total. The molecular formula is C19H27N5OS. The van der Waals surface area contributed by atoms with Crippen LogP contribution in [-0.4, -0.2) is 37.0 Å². The van der Waals surface area contributed by atoms with Crippen molar-refractivity contribution in [3.8, 4) is 0 Å². The van der Waals surface area contributed by atoms with Gasteiger partial charge in [-0.25, -0.2) is 4.98 Å². The summed E-state index contributed by atoms with van der Waals surface area (Å²) in [4.78, 5) is 21.7. The van der Waals surface area contributed by atoms with Gasteiger partial charge in [0.1, 0.15) is 0 Å². The van der Waals surface area contributed by atoms with Gasteiger partial charge < -0.3 is 16.0 Å². The summed E-state index contributed by atoms with van der Waals surface area (Å²) < 4.78 is 0. The molecular weight excluding hydrogens is 346 g/mol. The van der Waals surface area contributed by atoms with E-state index in [9.17, 15) is 4.79 Å². The summed E-state index contributed by atoms with van der Waals surface area (Å²) in [6.45, 7) is 6.11. The second-order valence-electron chi connectivity index (χ2n) is 5.73. The zero-order valence-electron chi connectivity index (χ0n) is 15.6. The zero-order chi connectivity index (χ0) is 18.8. The number of rotatable bonds is 8. The number of aromatic nitrogens is 1. The average Bonchev–Trinajstić information content (AvgIpc) is 3.13. The smallest absolute Gasteiger partial charge is 0.251 e. The van der Waals surface area contributed by atoms with Crippen LogP contribution in [0.2, 0.25) is 0 Å². The first-order valence-electron chi connectivity index (χ1n) is 8.91. The number of carbonyl (C=O) groups is 1. The third-order valence-corrected chi connectivity index (χ3v) is 5.02. The van der Waals surface area contributed by atoms with Gasteiger partial charge in [-0.2, -0.15) is 0 Å². The summed E-state index contributed by atoms with van der Waals surface area (Å²) in [5.41, 5.74) is 1.77. The topological polar surface area (TPSA) is 78.4 Å². The molecule has 1 amide bonds. The van der Waals surface area contributed by atoms with Crippen molar-refractivity contribution in [1.29, 1.82) is 0 Å². The molecule has 0 saturated carbocycles. The van der Waals surface area contributed by atoms with E-state index in [4.69, 9.17) is 0 Å². The molecule has 0 spiro atoms. The molecule has 0 aliphatic carbocycles. The van der Waals surface area contributed by atoms with Crippen molar-refractivity contribution in [2.45, 2.75) is 33.2 Å². The van der Waals surface area contributed by atoms with Gasteiger partial charge in [-0.05, 0) is 31.0 Å². The lowest BCUT2D eigenvalue weighted by atomic mass is 10.1. The van der Waals surface area contributed by atoms with Crippen molar-refractivity contribution >= 4 is 23.2 Å². The Morgan fingerprint density at radius 2 is 1.92 bits per heavy atom. The first kappa shape index (κ1) is 19.9. The summed E-state index contributed by atoms with van der Waals surface area (Å²) in [5.74, 6) is 0.711. The van der Waals surface area contributed by atoms with Crippen LogP contribution in [0.1, 0.15) is 39.7 Å². The van der Waals surface area contributed by atoms with Crippen molar-refractivity contribution in [2.75, 3.05) is 20.1 Å². The molecule has 0 atom stereocenters. The number of carbonyl (C=O) groups excluding carboxylic acids is 1. The number of guanidine groups is 1. The number of thiazole rings is 1. The zero-order valence-corrected chi connectivity index (χ0v) is 16.4. The highest BCUT2D eigenvalue weighted by molar-refractivity contribution is 7.11. The van der Waals surface area contributed by atoms with E-state index in [1.54, 1.807) is 18.4 Å². The Bertz CT molecular complexity index is 724. The molecule has 0 unspecified atom stereocenters. The summed E-state index contributed by atoms with van der Waals surface area (Å²) in [5, 5.41) is 10.5. The van der Waals surface area contributed by atoms with E-state index in [-0.39, 0.29) is 5.91 Å².